The molecular formula is C12H7Cl4NO. The first-order valence-electron chi connectivity index (χ1n) is 4.88. The second-order valence-corrected chi connectivity index (χ2v) is 5.04. The number of aromatic nitrogens is 1. The molecule has 0 bridgehead atoms. The molecule has 0 amide bonds. The van der Waals surface area contributed by atoms with Crippen LogP contribution in [0.4, 0.5) is 0 Å². The van der Waals surface area contributed by atoms with E-state index < -0.39 is 0 Å². The first kappa shape index (κ1) is 13.8. The van der Waals surface area contributed by atoms with Crippen LogP contribution in [0.5, 0.6) is 5.75 Å². The summed E-state index contributed by atoms with van der Waals surface area (Å²) in [5.41, 5.74) is 1.29. The van der Waals surface area contributed by atoms with Crippen LogP contribution in [0.3, 0.4) is 0 Å². The molecule has 18 heavy (non-hydrogen) atoms. The minimum Gasteiger partial charge on any atom is -0.493 e. The third-order valence-electron chi connectivity index (χ3n) is 2.34. The lowest BCUT2D eigenvalue weighted by Crippen LogP contribution is -1.92. The first-order chi connectivity index (χ1) is 8.54. The van der Waals surface area contributed by atoms with E-state index >= 15 is 0 Å². The number of rotatable bonds is 2. The topological polar surface area (TPSA) is 22.1 Å². The van der Waals surface area contributed by atoms with E-state index in [9.17, 15) is 0 Å². The van der Waals surface area contributed by atoms with Gasteiger partial charge >= 0.3 is 0 Å². The van der Waals surface area contributed by atoms with E-state index in [1.807, 2.05) is 0 Å². The minimum absolute atomic E-state index is 0.247. The number of ether oxygens (including phenoxy) is 1. The van der Waals surface area contributed by atoms with Crippen molar-refractivity contribution in [2.75, 3.05) is 7.11 Å². The normalized spacial score (nSPS) is 10.5. The molecular weight excluding hydrogens is 316 g/mol. The van der Waals surface area contributed by atoms with E-state index in [0.717, 1.165) is 0 Å². The molecule has 0 unspecified atom stereocenters. The van der Waals surface area contributed by atoms with E-state index in [2.05, 4.69) is 4.98 Å². The monoisotopic (exact) mass is 321 g/mol. The van der Waals surface area contributed by atoms with Gasteiger partial charge in [-0.2, -0.15) is 0 Å². The third-order valence-corrected chi connectivity index (χ3v) is 3.43. The Bertz CT molecular complexity index is 578. The molecule has 2 nitrogen and oxygen atoms in total. The molecule has 0 spiro atoms. The number of nitrogens with zero attached hydrogens (tertiary/aromatic N) is 1. The van der Waals surface area contributed by atoms with Gasteiger partial charge in [0.1, 0.15) is 0 Å². The molecule has 0 aliphatic carbocycles. The average molecular weight is 323 g/mol. The second-order valence-electron chi connectivity index (χ2n) is 3.43. The van der Waals surface area contributed by atoms with Crippen molar-refractivity contribution in [1.29, 1.82) is 0 Å². The number of benzene rings is 1. The van der Waals surface area contributed by atoms with Gasteiger partial charge in [0.25, 0.3) is 0 Å². The van der Waals surface area contributed by atoms with Crippen LogP contribution in [0.1, 0.15) is 0 Å². The second kappa shape index (κ2) is 5.54. The van der Waals surface area contributed by atoms with Crippen molar-refractivity contribution in [1.82, 2.24) is 4.98 Å². The standard InChI is InChI=1S/C12H7Cl4NO/c1-18-11-7(2-3-17-12(11)16)10-8(14)4-6(13)5-9(10)15/h2-5H,1H3. The maximum Gasteiger partial charge on any atom is 0.171 e. The van der Waals surface area contributed by atoms with Gasteiger partial charge in [-0.15, -0.1) is 0 Å². The quantitative estimate of drug-likeness (QED) is 0.693. The largest absolute Gasteiger partial charge is 0.493 e. The summed E-state index contributed by atoms with van der Waals surface area (Å²) in [5, 5.41) is 1.56. The van der Waals surface area contributed by atoms with Gasteiger partial charge < -0.3 is 4.74 Å². The Labute approximate surface area is 124 Å². The molecule has 0 atom stereocenters. The Morgan fingerprint density at radius 1 is 1.06 bits per heavy atom. The summed E-state index contributed by atoms with van der Waals surface area (Å²) in [5.74, 6) is 0.422. The van der Waals surface area contributed by atoms with Crippen molar-refractivity contribution in [2.45, 2.75) is 0 Å². The van der Waals surface area contributed by atoms with E-state index in [4.69, 9.17) is 51.1 Å². The van der Waals surface area contributed by atoms with Crippen molar-refractivity contribution in [3.05, 3.63) is 44.6 Å². The lowest BCUT2D eigenvalue weighted by molar-refractivity contribution is 0.415. The molecule has 0 saturated heterocycles. The number of halogens is 4. The van der Waals surface area contributed by atoms with Crippen LogP contribution < -0.4 is 4.74 Å². The Morgan fingerprint density at radius 2 is 1.67 bits per heavy atom. The highest BCUT2D eigenvalue weighted by molar-refractivity contribution is 6.42. The molecule has 0 radical (unpaired) electrons. The van der Waals surface area contributed by atoms with Gasteiger partial charge in [-0.05, 0) is 18.2 Å². The fraction of sp³-hybridized carbons (Fsp3) is 0.0833. The number of hydrogen-bond donors (Lipinski definition) is 0. The highest BCUT2D eigenvalue weighted by Crippen LogP contribution is 2.43. The van der Waals surface area contributed by atoms with Gasteiger partial charge in [0.2, 0.25) is 0 Å². The predicted molar refractivity (Wildman–Crippen MR) is 76.3 cm³/mol. The highest BCUT2D eigenvalue weighted by atomic mass is 35.5. The molecule has 0 saturated carbocycles. The molecule has 0 aliphatic heterocycles. The molecule has 94 valence electrons. The van der Waals surface area contributed by atoms with Crippen molar-refractivity contribution < 1.29 is 4.74 Å². The lowest BCUT2D eigenvalue weighted by Gasteiger charge is -2.12. The molecule has 1 aromatic carbocycles. The molecule has 0 fully saturated rings. The summed E-state index contributed by atoms with van der Waals surface area (Å²) >= 11 is 24.2. The van der Waals surface area contributed by atoms with Crippen LogP contribution in [0.25, 0.3) is 11.1 Å². The van der Waals surface area contributed by atoms with Crippen molar-refractivity contribution >= 4 is 46.4 Å². The van der Waals surface area contributed by atoms with Crippen molar-refractivity contribution in [3.8, 4) is 16.9 Å². The van der Waals surface area contributed by atoms with Gasteiger partial charge in [0.15, 0.2) is 10.9 Å². The average Bonchev–Trinajstić information content (AvgIpc) is 2.27. The van der Waals surface area contributed by atoms with E-state index in [-0.39, 0.29) is 5.15 Å². The summed E-state index contributed by atoms with van der Waals surface area (Å²) in [6.45, 7) is 0. The van der Waals surface area contributed by atoms with E-state index in [0.29, 0.717) is 31.9 Å². The van der Waals surface area contributed by atoms with E-state index in [1.54, 1.807) is 24.4 Å². The maximum atomic E-state index is 6.16. The SMILES string of the molecule is COc1c(-c2c(Cl)cc(Cl)cc2Cl)ccnc1Cl. The molecule has 1 aromatic heterocycles. The van der Waals surface area contributed by atoms with Gasteiger partial charge in [0, 0.05) is 22.3 Å². The minimum atomic E-state index is 0.247. The van der Waals surface area contributed by atoms with Crippen molar-refractivity contribution in [3.63, 3.8) is 0 Å². The summed E-state index contributed by atoms with van der Waals surface area (Å²) in [4.78, 5) is 3.94. The van der Waals surface area contributed by atoms with Crippen LogP contribution in [-0.2, 0) is 0 Å². The zero-order valence-corrected chi connectivity index (χ0v) is 12.2. The van der Waals surface area contributed by atoms with Crippen LogP contribution in [0.15, 0.2) is 24.4 Å². The highest BCUT2D eigenvalue weighted by Gasteiger charge is 2.17. The van der Waals surface area contributed by atoms with Gasteiger partial charge in [0.05, 0.1) is 17.2 Å². The zero-order valence-electron chi connectivity index (χ0n) is 9.18. The van der Waals surface area contributed by atoms with Crippen LogP contribution in [0.2, 0.25) is 20.2 Å². The first-order valence-corrected chi connectivity index (χ1v) is 6.39. The molecule has 0 aliphatic rings. The van der Waals surface area contributed by atoms with E-state index in [1.165, 1.54) is 7.11 Å². The Kier molecular flexibility index (Phi) is 4.23. The summed E-state index contributed by atoms with van der Waals surface area (Å²) < 4.78 is 5.23. The Morgan fingerprint density at radius 3 is 2.22 bits per heavy atom. The van der Waals surface area contributed by atoms with Gasteiger partial charge in [-0.3, -0.25) is 0 Å². The number of methoxy groups -OCH3 is 1. The summed E-state index contributed by atoms with van der Waals surface area (Å²) in [7, 11) is 1.50. The number of hydrogen-bond acceptors (Lipinski definition) is 2. The van der Waals surface area contributed by atoms with Gasteiger partial charge in [-0.25, -0.2) is 4.98 Å². The number of pyridine rings is 1. The Hall–Kier alpha value is -0.670. The van der Waals surface area contributed by atoms with Crippen LogP contribution in [-0.4, -0.2) is 12.1 Å². The van der Waals surface area contributed by atoms with Crippen molar-refractivity contribution in [2.24, 2.45) is 0 Å². The predicted octanol–water partition coefficient (Wildman–Crippen LogP) is 5.37. The zero-order chi connectivity index (χ0) is 13.3. The summed E-state index contributed by atoms with van der Waals surface area (Å²) in [6, 6.07) is 4.95. The molecule has 6 heteroatoms. The maximum absolute atomic E-state index is 6.16. The molecule has 2 rings (SSSR count). The third kappa shape index (κ3) is 2.52. The van der Waals surface area contributed by atoms with Gasteiger partial charge in [-0.1, -0.05) is 46.4 Å². The van der Waals surface area contributed by atoms with Crippen LogP contribution in [0, 0.1) is 0 Å². The fourth-order valence-electron chi connectivity index (χ4n) is 1.61. The smallest absolute Gasteiger partial charge is 0.171 e. The molecule has 2 aromatic rings. The van der Waals surface area contributed by atoms with Crippen LogP contribution >= 0.6 is 46.4 Å². The fourth-order valence-corrected chi connectivity index (χ4v) is 2.87. The Balaban J connectivity index is 2.73. The molecule has 0 N–H and O–H groups in total. The summed E-state index contributed by atoms with van der Waals surface area (Å²) in [6.07, 6.45) is 1.56. The molecule has 1 heterocycles. The lowest BCUT2D eigenvalue weighted by atomic mass is 10.1.